The quantitative estimate of drug-likeness (QED) is 0.509. The fourth-order valence-electron chi connectivity index (χ4n) is 3.32. The van der Waals surface area contributed by atoms with Crippen LogP contribution in [0.5, 0.6) is 5.75 Å². The molecule has 33 heavy (non-hydrogen) atoms. The monoisotopic (exact) mass is 475 g/mol. The molecule has 9 heteroatoms. The number of benzene rings is 2. The van der Waals surface area contributed by atoms with E-state index >= 15 is 0 Å². The molecule has 2 aromatic rings. The Morgan fingerprint density at radius 3 is 2.27 bits per heavy atom. The molecule has 0 saturated carbocycles. The highest BCUT2D eigenvalue weighted by atomic mass is 32.2. The van der Waals surface area contributed by atoms with Crippen LogP contribution >= 0.6 is 0 Å². The zero-order chi connectivity index (χ0) is 24.4. The fourth-order valence-corrected chi connectivity index (χ4v) is 4.55. The van der Waals surface area contributed by atoms with Crippen LogP contribution < -0.4 is 10.1 Å². The molecule has 2 rings (SSSR count). The van der Waals surface area contributed by atoms with E-state index in [0.29, 0.717) is 18.7 Å². The molecule has 0 aromatic heterocycles. The third-order valence-electron chi connectivity index (χ3n) is 5.35. The molecule has 1 N–H and O–H groups in total. The molecule has 1 atom stereocenters. The molecule has 2 aromatic carbocycles. The average Bonchev–Trinajstić information content (AvgIpc) is 2.82. The summed E-state index contributed by atoms with van der Waals surface area (Å²) in [5, 5.41) is 2.76. The van der Waals surface area contributed by atoms with Crippen molar-refractivity contribution in [3.63, 3.8) is 0 Å². The minimum atomic E-state index is -3.62. The van der Waals surface area contributed by atoms with Gasteiger partial charge in [0.15, 0.2) is 0 Å². The maximum absolute atomic E-state index is 13.1. The van der Waals surface area contributed by atoms with E-state index in [-0.39, 0.29) is 36.2 Å². The molecular weight excluding hydrogens is 442 g/mol. The molecule has 2 amide bonds. The van der Waals surface area contributed by atoms with E-state index in [1.54, 1.807) is 56.5 Å². The lowest BCUT2D eigenvalue weighted by Crippen LogP contribution is -2.47. The van der Waals surface area contributed by atoms with Crippen LogP contribution in [0.15, 0.2) is 59.5 Å². The van der Waals surface area contributed by atoms with E-state index in [9.17, 15) is 18.0 Å². The van der Waals surface area contributed by atoms with Gasteiger partial charge in [0.1, 0.15) is 11.8 Å². The molecule has 0 aliphatic heterocycles. The first-order chi connectivity index (χ1) is 15.7. The molecule has 0 saturated heterocycles. The second-order valence-electron chi connectivity index (χ2n) is 7.68. The minimum Gasteiger partial charge on any atom is -0.497 e. The standard InChI is InChI=1S/C24H33N3O5S/c1-5-25-24(29)19(2)27(18-20-13-15-21(32-4)16-14-20)23(28)12-9-17-26(3)33(30,31)22-10-7-6-8-11-22/h6-8,10-11,13-16,19H,5,9,12,17-18H2,1-4H3,(H,25,29)/t19-/m0/s1. The number of amides is 2. The van der Waals surface area contributed by atoms with Crippen molar-refractivity contribution in [3.8, 4) is 5.75 Å². The maximum Gasteiger partial charge on any atom is 0.242 e. The van der Waals surface area contributed by atoms with Crippen LogP contribution in [-0.2, 0) is 26.2 Å². The van der Waals surface area contributed by atoms with E-state index in [2.05, 4.69) is 5.32 Å². The first-order valence-corrected chi connectivity index (χ1v) is 12.4. The number of hydrogen-bond donors (Lipinski definition) is 1. The summed E-state index contributed by atoms with van der Waals surface area (Å²) in [4.78, 5) is 27.3. The number of likely N-dealkylation sites (N-methyl/N-ethyl adjacent to an activating group) is 1. The second-order valence-corrected chi connectivity index (χ2v) is 9.73. The highest BCUT2D eigenvalue weighted by molar-refractivity contribution is 7.89. The Morgan fingerprint density at radius 1 is 1.06 bits per heavy atom. The van der Waals surface area contributed by atoms with E-state index in [4.69, 9.17) is 4.74 Å². The van der Waals surface area contributed by atoms with Gasteiger partial charge in [-0.15, -0.1) is 0 Å². The van der Waals surface area contributed by atoms with E-state index in [0.717, 1.165) is 5.56 Å². The molecule has 0 radical (unpaired) electrons. The molecular formula is C24H33N3O5S. The van der Waals surface area contributed by atoms with Gasteiger partial charge in [0.2, 0.25) is 21.8 Å². The van der Waals surface area contributed by atoms with Gasteiger partial charge in [-0.05, 0) is 50.1 Å². The summed E-state index contributed by atoms with van der Waals surface area (Å²) in [5.41, 5.74) is 0.865. The van der Waals surface area contributed by atoms with Crippen LogP contribution in [0.25, 0.3) is 0 Å². The smallest absolute Gasteiger partial charge is 0.242 e. The normalized spacial score (nSPS) is 12.3. The van der Waals surface area contributed by atoms with Gasteiger partial charge in [0, 0.05) is 33.1 Å². The lowest BCUT2D eigenvalue weighted by atomic mass is 10.1. The molecule has 0 spiro atoms. The highest BCUT2D eigenvalue weighted by Crippen LogP contribution is 2.17. The second kappa shape index (κ2) is 12.4. The zero-order valence-electron chi connectivity index (χ0n) is 19.7. The zero-order valence-corrected chi connectivity index (χ0v) is 20.5. The predicted molar refractivity (Wildman–Crippen MR) is 127 cm³/mol. The minimum absolute atomic E-state index is 0.120. The summed E-state index contributed by atoms with van der Waals surface area (Å²) in [7, 11) is -0.537. The summed E-state index contributed by atoms with van der Waals surface area (Å²) in [6, 6.07) is 14.8. The molecule has 0 aliphatic carbocycles. The van der Waals surface area contributed by atoms with Crippen LogP contribution in [0.4, 0.5) is 0 Å². The van der Waals surface area contributed by atoms with Gasteiger partial charge >= 0.3 is 0 Å². The van der Waals surface area contributed by atoms with Crippen LogP contribution in [-0.4, -0.2) is 62.7 Å². The van der Waals surface area contributed by atoms with Crippen LogP contribution in [0, 0.1) is 0 Å². The number of sulfonamides is 1. The van der Waals surface area contributed by atoms with Crippen LogP contribution in [0.2, 0.25) is 0 Å². The average molecular weight is 476 g/mol. The first kappa shape index (κ1) is 26.3. The number of carbonyl (C=O) groups excluding carboxylic acids is 2. The third kappa shape index (κ3) is 7.30. The lowest BCUT2D eigenvalue weighted by Gasteiger charge is -2.29. The number of nitrogens with zero attached hydrogens (tertiary/aromatic N) is 2. The van der Waals surface area contributed by atoms with Crippen molar-refractivity contribution in [2.75, 3.05) is 27.2 Å². The highest BCUT2D eigenvalue weighted by Gasteiger charge is 2.26. The fraction of sp³-hybridized carbons (Fsp3) is 0.417. The lowest BCUT2D eigenvalue weighted by molar-refractivity contribution is -0.140. The first-order valence-electron chi connectivity index (χ1n) is 10.9. The van der Waals surface area contributed by atoms with Gasteiger partial charge in [-0.3, -0.25) is 9.59 Å². The van der Waals surface area contributed by atoms with Gasteiger partial charge in [-0.1, -0.05) is 30.3 Å². The molecule has 0 unspecified atom stereocenters. The Balaban J connectivity index is 2.06. The Kier molecular flexibility index (Phi) is 9.87. The number of methoxy groups -OCH3 is 1. The van der Waals surface area contributed by atoms with Gasteiger partial charge < -0.3 is 15.0 Å². The summed E-state index contributed by atoms with van der Waals surface area (Å²) < 4.78 is 31.8. The molecule has 0 fully saturated rings. The SMILES string of the molecule is CCNC(=O)[C@H](C)N(Cc1ccc(OC)cc1)C(=O)CCCN(C)S(=O)(=O)c1ccccc1. The Hall–Kier alpha value is -2.91. The van der Waals surface area contributed by atoms with Crippen molar-refractivity contribution >= 4 is 21.8 Å². The number of carbonyl (C=O) groups is 2. The van der Waals surface area contributed by atoms with Crippen molar-refractivity contribution in [2.45, 2.75) is 44.2 Å². The topological polar surface area (TPSA) is 96.0 Å². The van der Waals surface area contributed by atoms with E-state index < -0.39 is 16.1 Å². The number of ether oxygens (including phenoxy) is 1. The molecule has 8 nitrogen and oxygen atoms in total. The van der Waals surface area contributed by atoms with Crippen LogP contribution in [0.1, 0.15) is 32.3 Å². The van der Waals surface area contributed by atoms with Gasteiger partial charge in [-0.25, -0.2) is 12.7 Å². The maximum atomic E-state index is 13.1. The number of hydrogen-bond acceptors (Lipinski definition) is 5. The van der Waals surface area contributed by atoms with Crippen molar-refractivity contribution in [2.24, 2.45) is 0 Å². The van der Waals surface area contributed by atoms with Gasteiger partial charge in [-0.2, -0.15) is 0 Å². The van der Waals surface area contributed by atoms with E-state index in [1.807, 2.05) is 19.1 Å². The third-order valence-corrected chi connectivity index (χ3v) is 7.22. The summed E-state index contributed by atoms with van der Waals surface area (Å²) >= 11 is 0. The van der Waals surface area contributed by atoms with Crippen molar-refractivity contribution in [1.29, 1.82) is 0 Å². The molecule has 180 valence electrons. The largest absolute Gasteiger partial charge is 0.497 e. The van der Waals surface area contributed by atoms with Crippen molar-refractivity contribution in [1.82, 2.24) is 14.5 Å². The molecule has 0 bridgehead atoms. The molecule has 0 aliphatic rings. The van der Waals surface area contributed by atoms with Crippen LogP contribution in [0.3, 0.4) is 0 Å². The van der Waals surface area contributed by atoms with Crippen molar-refractivity contribution in [3.05, 3.63) is 60.2 Å². The predicted octanol–water partition coefficient (Wildman–Crippen LogP) is 2.65. The number of nitrogens with one attached hydrogen (secondary N) is 1. The van der Waals surface area contributed by atoms with Crippen molar-refractivity contribution < 1.29 is 22.7 Å². The summed E-state index contributed by atoms with van der Waals surface area (Å²) in [6.07, 6.45) is 0.456. The van der Waals surface area contributed by atoms with Gasteiger partial charge in [0.05, 0.1) is 12.0 Å². The molecule has 0 heterocycles. The Labute approximate surface area is 196 Å². The summed E-state index contributed by atoms with van der Waals surface area (Å²) in [6.45, 7) is 4.44. The van der Waals surface area contributed by atoms with E-state index in [1.165, 1.54) is 16.3 Å². The van der Waals surface area contributed by atoms with Gasteiger partial charge in [0.25, 0.3) is 0 Å². The number of rotatable bonds is 12. The summed E-state index contributed by atoms with van der Waals surface area (Å²) in [5.74, 6) is 0.259. The Morgan fingerprint density at radius 2 is 1.70 bits per heavy atom. The Bertz CT molecular complexity index is 1010.